The third-order valence-corrected chi connectivity index (χ3v) is 4.89. The average Bonchev–Trinajstić information content (AvgIpc) is 3.09. The van der Waals surface area contributed by atoms with Crippen LogP contribution in [0, 0.1) is 11.3 Å². The van der Waals surface area contributed by atoms with Crippen LogP contribution in [0.25, 0.3) is 0 Å². The van der Waals surface area contributed by atoms with E-state index in [0.717, 1.165) is 5.56 Å². The van der Waals surface area contributed by atoms with Crippen LogP contribution < -0.4 is 4.90 Å². The Morgan fingerprint density at radius 1 is 1.38 bits per heavy atom. The first-order valence-electron chi connectivity index (χ1n) is 7.70. The number of para-hydroxylation sites is 1. The highest BCUT2D eigenvalue weighted by molar-refractivity contribution is 7.08. The minimum absolute atomic E-state index is 0.0394. The van der Waals surface area contributed by atoms with Crippen molar-refractivity contribution in [3.63, 3.8) is 0 Å². The van der Waals surface area contributed by atoms with E-state index in [9.17, 15) is 14.9 Å². The molecule has 1 aromatic carbocycles. The molecule has 0 unspecified atom stereocenters. The molecule has 2 amide bonds. The summed E-state index contributed by atoms with van der Waals surface area (Å²) in [5.74, 6) is -0.197. The molecule has 24 heavy (non-hydrogen) atoms. The summed E-state index contributed by atoms with van der Waals surface area (Å²) in [5, 5.41) is 13.1. The van der Waals surface area contributed by atoms with Crippen LogP contribution in [0.1, 0.15) is 18.1 Å². The van der Waals surface area contributed by atoms with Gasteiger partial charge in [0.05, 0.1) is 17.7 Å². The zero-order chi connectivity index (χ0) is 17.1. The number of hydrogen-bond acceptors (Lipinski definition) is 4. The fourth-order valence-electron chi connectivity index (χ4n) is 2.89. The quantitative estimate of drug-likeness (QED) is 0.863. The van der Waals surface area contributed by atoms with Crippen LogP contribution in [0.5, 0.6) is 0 Å². The minimum Gasteiger partial charge on any atom is -0.329 e. The number of benzene rings is 1. The maximum absolute atomic E-state index is 12.6. The summed E-state index contributed by atoms with van der Waals surface area (Å²) in [4.78, 5) is 28.3. The van der Waals surface area contributed by atoms with Gasteiger partial charge in [-0.1, -0.05) is 12.1 Å². The molecule has 1 fully saturated rings. The lowest BCUT2D eigenvalue weighted by Crippen LogP contribution is -2.57. The Morgan fingerprint density at radius 3 is 2.88 bits per heavy atom. The molecule has 0 saturated carbocycles. The van der Waals surface area contributed by atoms with Gasteiger partial charge in [-0.15, -0.1) is 0 Å². The molecule has 2 heterocycles. The van der Waals surface area contributed by atoms with Crippen molar-refractivity contribution in [1.29, 1.82) is 5.26 Å². The lowest BCUT2D eigenvalue weighted by Gasteiger charge is -2.39. The molecule has 122 valence electrons. The van der Waals surface area contributed by atoms with Gasteiger partial charge in [-0.2, -0.15) is 16.6 Å². The molecule has 0 spiro atoms. The lowest BCUT2D eigenvalue weighted by molar-refractivity contribution is -0.138. The van der Waals surface area contributed by atoms with Crippen molar-refractivity contribution in [1.82, 2.24) is 4.90 Å². The van der Waals surface area contributed by atoms with E-state index in [1.807, 2.05) is 29.8 Å². The van der Waals surface area contributed by atoms with Crippen molar-refractivity contribution < 1.29 is 9.59 Å². The molecule has 2 aromatic rings. The van der Waals surface area contributed by atoms with E-state index < -0.39 is 0 Å². The van der Waals surface area contributed by atoms with Crippen molar-refractivity contribution in [2.24, 2.45) is 0 Å². The Morgan fingerprint density at radius 2 is 2.17 bits per heavy atom. The first-order valence-corrected chi connectivity index (χ1v) is 8.64. The fraction of sp³-hybridized carbons (Fsp3) is 0.278. The molecule has 0 N–H and O–H groups in total. The number of hydrogen-bond donors (Lipinski definition) is 0. The SMILES string of the molecule is C[C@H]1CN(c2ccccc2C#N)C(=O)CN1C(=O)Cc1ccsc1. The summed E-state index contributed by atoms with van der Waals surface area (Å²) in [6, 6.07) is 11.0. The van der Waals surface area contributed by atoms with Gasteiger partial charge in [-0.25, -0.2) is 0 Å². The van der Waals surface area contributed by atoms with E-state index in [1.165, 1.54) is 0 Å². The molecule has 5 nitrogen and oxygen atoms in total. The molecule has 1 saturated heterocycles. The Balaban J connectivity index is 1.76. The van der Waals surface area contributed by atoms with Gasteiger partial charge in [0.25, 0.3) is 0 Å². The molecule has 3 rings (SSSR count). The van der Waals surface area contributed by atoms with E-state index in [0.29, 0.717) is 24.2 Å². The third-order valence-electron chi connectivity index (χ3n) is 4.16. The second-order valence-electron chi connectivity index (χ2n) is 5.81. The highest BCUT2D eigenvalue weighted by Gasteiger charge is 2.33. The number of carbonyl (C=O) groups excluding carboxylic acids is 2. The number of amides is 2. The number of rotatable bonds is 3. The van der Waals surface area contributed by atoms with Crippen molar-refractivity contribution in [3.05, 3.63) is 52.2 Å². The van der Waals surface area contributed by atoms with Crippen LogP contribution in [0.4, 0.5) is 5.69 Å². The molecule has 1 atom stereocenters. The van der Waals surface area contributed by atoms with Crippen LogP contribution in [-0.2, 0) is 16.0 Å². The molecule has 1 aromatic heterocycles. The van der Waals surface area contributed by atoms with E-state index in [1.54, 1.807) is 39.3 Å². The number of piperazine rings is 1. The minimum atomic E-state index is -0.158. The first-order chi connectivity index (χ1) is 11.6. The van der Waals surface area contributed by atoms with E-state index in [4.69, 9.17) is 0 Å². The van der Waals surface area contributed by atoms with Gasteiger partial charge in [0.15, 0.2) is 0 Å². The lowest BCUT2D eigenvalue weighted by atomic mass is 10.1. The summed E-state index contributed by atoms with van der Waals surface area (Å²) >= 11 is 1.55. The van der Waals surface area contributed by atoms with Gasteiger partial charge in [-0.05, 0) is 41.4 Å². The molecular weight excluding hydrogens is 322 g/mol. The average molecular weight is 339 g/mol. The Labute approximate surface area is 144 Å². The normalized spacial score (nSPS) is 17.7. The monoisotopic (exact) mass is 339 g/mol. The molecule has 6 heteroatoms. The molecule has 1 aliphatic heterocycles. The summed E-state index contributed by atoms with van der Waals surface area (Å²) in [7, 11) is 0. The Bertz CT molecular complexity index is 795. The second-order valence-corrected chi connectivity index (χ2v) is 6.59. The molecule has 0 bridgehead atoms. The number of nitriles is 1. The molecule has 0 aliphatic carbocycles. The number of anilines is 1. The summed E-state index contributed by atoms with van der Waals surface area (Å²) in [6.45, 7) is 2.37. The fourth-order valence-corrected chi connectivity index (χ4v) is 3.56. The molecule has 0 radical (unpaired) electrons. The van der Waals surface area contributed by atoms with Crippen LogP contribution in [0.15, 0.2) is 41.1 Å². The predicted octanol–water partition coefficient (Wildman–Crippen LogP) is 2.43. The van der Waals surface area contributed by atoms with Crippen LogP contribution in [0.2, 0.25) is 0 Å². The summed E-state index contributed by atoms with van der Waals surface area (Å²) < 4.78 is 0. The second kappa shape index (κ2) is 6.85. The van der Waals surface area contributed by atoms with Gasteiger partial charge in [0.2, 0.25) is 11.8 Å². The van der Waals surface area contributed by atoms with Crippen molar-refractivity contribution in [3.8, 4) is 6.07 Å². The topological polar surface area (TPSA) is 64.4 Å². The van der Waals surface area contributed by atoms with Gasteiger partial charge in [-0.3, -0.25) is 9.59 Å². The predicted molar refractivity (Wildman–Crippen MR) is 92.7 cm³/mol. The van der Waals surface area contributed by atoms with Crippen molar-refractivity contribution in [2.75, 3.05) is 18.0 Å². The van der Waals surface area contributed by atoms with E-state index in [2.05, 4.69) is 6.07 Å². The third kappa shape index (κ3) is 3.17. The van der Waals surface area contributed by atoms with E-state index >= 15 is 0 Å². The highest BCUT2D eigenvalue weighted by atomic mass is 32.1. The zero-order valence-corrected chi connectivity index (χ0v) is 14.1. The van der Waals surface area contributed by atoms with Crippen LogP contribution in [0.3, 0.4) is 0 Å². The summed E-state index contributed by atoms with van der Waals surface area (Å²) in [6.07, 6.45) is 0.315. The Hall–Kier alpha value is -2.65. The zero-order valence-electron chi connectivity index (χ0n) is 13.3. The number of carbonyl (C=O) groups is 2. The molecular formula is C18H17N3O2S. The van der Waals surface area contributed by atoms with E-state index in [-0.39, 0.29) is 24.4 Å². The highest BCUT2D eigenvalue weighted by Crippen LogP contribution is 2.24. The number of thiophene rings is 1. The standard InChI is InChI=1S/C18H17N3O2S/c1-13-10-21(16-5-3-2-4-15(16)9-19)18(23)11-20(13)17(22)8-14-6-7-24-12-14/h2-7,12-13H,8,10-11H2,1H3/t13-/m0/s1. The van der Waals surface area contributed by atoms with Gasteiger partial charge in [0, 0.05) is 12.6 Å². The molecule has 1 aliphatic rings. The Kier molecular flexibility index (Phi) is 4.63. The van der Waals surface area contributed by atoms with Crippen molar-refractivity contribution >= 4 is 28.8 Å². The van der Waals surface area contributed by atoms with Crippen molar-refractivity contribution in [2.45, 2.75) is 19.4 Å². The largest absolute Gasteiger partial charge is 0.329 e. The van der Waals surface area contributed by atoms with Gasteiger partial charge >= 0.3 is 0 Å². The summed E-state index contributed by atoms with van der Waals surface area (Å²) in [5.41, 5.74) is 2.06. The maximum Gasteiger partial charge on any atom is 0.246 e. The van der Waals surface area contributed by atoms with Crippen LogP contribution in [-0.4, -0.2) is 35.8 Å². The van der Waals surface area contributed by atoms with Gasteiger partial charge in [0.1, 0.15) is 12.6 Å². The van der Waals surface area contributed by atoms with Gasteiger partial charge < -0.3 is 9.80 Å². The smallest absolute Gasteiger partial charge is 0.246 e. The number of nitrogens with zero attached hydrogens (tertiary/aromatic N) is 3. The maximum atomic E-state index is 12.6. The first kappa shape index (κ1) is 16.2. The van der Waals surface area contributed by atoms with Crippen LogP contribution >= 0.6 is 11.3 Å².